The summed E-state index contributed by atoms with van der Waals surface area (Å²) in [5.41, 5.74) is 0.621. The standard InChI is InChI=1S/C11H15NO2S/c13-10(14)11(2-4-12-5-3-11)7-9-1-6-15-8-9/h1,6,8,12H,2-5,7H2,(H,13,14). The van der Waals surface area contributed by atoms with Crippen LogP contribution in [0.1, 0.15) is 18.4 Å². The SMILES string of the molecule is O=C(O)C1(Cc2ccsc2)CCNCC1. The predicted octanol–water partition coefficient (Wildman–Crippen LogP) is 1.75. The monoisotopic (exact) mass is 225 g/mol. The van der Waals surface area contributed by atoms with Crippen LogP contribution < -0.4 is 5.32 Å². The van der Waals surface area contributed by atoms with Crippen LogP contribution in [0.25, 0.3) is 0 Å². The van der Waals surface area contributed by atoms with Crippen molar-refractivity contribution < 1.29 is 9.90 Å². The van der Waals surface area contributed by atoms with E-state index < -0.39 is 11.4 Å². The Balaban J connectivity index is 2.15. The highest BCUT2D eigenvalue weighted by Crippen LogP contribution is 2.33. The Bertz CT molecular complexity index is 328. The normalized spacial score (nSPS) is 20.0. The lowest BCUT2D eigenvalue weighted by atomic mass is 9.75. The maximum atomic E-state index is 11.4. The molecule has 0 spiro atoms. The van der Waals surface area contributed by atoms with Crippen LogP contribution in [0.3, 0.4) is 0 Å². The first-order valence-electron chi connectivity index (χ1n) is 5.18. The van der Waals surface area contributed by atoms with E-state index in [0.717, 1.165) is 31.5 Å². The molecule has 1 saturated heterocycles. The quantitative estimate of drug-likeness (QED) is 0.824. The number of carboxylic acids is 1. The van der Waals surface area contributed by atoms with Gasteiger partial charge in [-0.05, 0) is 54.7 Å². The van der Waals surface area contributed by atoms with Gasteiger partial charge in [-0.25, -0.2) is 0 Å². The maximum absolute atomic E-state index is 11.4. The number of rotatable bonds is 3. The van der Waals surface area contributed by atoms with E-state index in [2.05, 4.69) is 5.32 Å². The molecule has 0 saturated carbocycles. The van der Waals surface area contributed by atoms with E-state index in [1.54, 1.807) is 11.3 Å². The van der Waals surface area contributed by atoms with Crippen molar-refractivity contribution in [2.24, 2.45) is 5.41 Å². The van der Waals surface area contributed by atoms with Gasteiger partial charge in [0, 0.05) is 0 Å². The molecule has 1 aromatic rings. The molecule has 0 atom stereocenters. The van der Waals surface area contributed by atoms with Gasteiger partial charge in [0.15, 0.2) is 0 Å². The summed E-state index contributed by atoms with van der Waals surface area (Å²) in [5, 5.41) is 16.6. The van der Waals surface area contributed by atoms with E-state index in [9.17, 15) is 9.90 Å². The molecular formula is C11H15NO2S. The third kappa shape index (κ3) is 2.21. The fraction of sp³-hybridized carbons (Fsp3) is 0.545. The van der Waals surface area contributed by atoms with Gasteiger partial charge in [0.2, 0.25) is 0 Å². The molecule has 15 heavy (non-hydrogen) atoms. The Morgan fingerprint density at radius 3 is 2.80 bits per heavy atom. The molecule has 2 rings (SSSR count). The largest absolute Gasteiger partial charge is 0.481 e. The van der Waals surface area contributed by atoms with E-state index in [4.69, 9.17) is 0 Å². The highest BCUT2D eigenvalue weighted by Gasteiger charge is 2.39. The van der Waals surface area contributed by atoms with Crippen LogP contribution in [0, 0.1) is 5.41 Å². The highest BCUT2D eigenvalue weighted by molar-refractivity contribution is 7.07. The molecule has 0 aliphatic carbocycles. The molecule has 3 nitrogen and oxygen atoms in total. The van der Waals surface area contributed by atoms with Crippen molar-refractivity contribution in [1.82, 2.24) is 5.32 Å². The van der Waals surface area contributed by atoms with E-state index in [-0.39, 0.29) is 0 Å². The molecule has 2 N–H and O–H groups in total. The summed E-state index contributed by atoms with van der Waals surface area (Å²) in [6.07, 6.45) is 2.14. The first kappa shape index (κ1) is 10.6. The number of hydrogen-bond acceptors (Lipinski definition) is 3. The van der Waals surface area contributed by atoms with Gasteiger partial charge in [0.25, 0.3) is 0 Å². The Hall–Kier alpha value is -0.870. The average molecular weight is 225 g/mol. The first-order chi connectivity index (χ1) is 7.23. The number of nitrogens with one attached hydrogen (secondary N) is 1. The zero-order valence-corrected chi connectivity index (χ0v) is 9.35. The minimum Gasteiger partial charge on any atom is -0.481 e. The van der Waals surface area contributed by atoms with E-state index in [0.29, 0.717) is 6.42 Å². The lowest BCUT2D eigenvalue weighted by molar-refractivity contribution is -0.150. The highest BCUT2D eigenvalue weighted by atomic mass is 32.1. The number of thiophene rings is 1. The van der Waals surface area contributed by atoms with E-state index in [1.165, 1.54) is 0 Å². The van der Waals surface area contributed by atoms with Crippen molar-refractivity contribution in [2.45, 2.75) is 19.3 Å². The van der Waals surface area contributed by atoms with E-state index >= 15 is 0 Å². The molecule has 1 aliphatic rings. The van der Waals surface area contributed by atoms with Crippen molar-refractivity contribution in [3.05, 3.63) is 22.4 Å². The van der Waals surface area contributed by atoms with Crippen LogP contribution in [0.5, 0.6) is 0 Å². The Morgan fingerprint density at radius 1 is 1.53 bits per heavy atom. The van der Waals surface area contributed by atoms with Crippen LogP contribution in [0.15, 0.2) is 16.8 Å². The van der Waals surface area contributed by atoms with Crippen LogP contribution >= 0.6 is 11.3 Å². The Labute approximate surface area is 93.1 Å². The number of hydrogen-bond donors (Lipinski definition) is 2. The lowest BCUT2D eigenvalue weighted by Crippen LogP contribution is -2.43. The molecule has 1 fully saturated rings. The van der Waals surface area contributed by atoms with Gasteiger partial charge in [-0.1, -0.05) is 0 Å². The lowest BCUT2D eigenvalue weighted by Gasteiger charge is -2.33. The number of carbonyl (C=O) groups is 1. The van der Waals surface area contributed by atoms with Crippen molar-refractivity contribution in [2.75, 3.05) is 13.1 Å². The molecule has 2 heterocycles. The van der Waals surface area contributed by atoms with Gasteiger partial charge in [0.05, 0.1) is 5.41 Å². The van der Waals surface area contributed by atoms with Crippen LogP contribution in [0.4, 0.5) is 0 Å². The van der Waals surface area contributed by atoms with Crippen molar-refractivity contribution >= 4 is 17.3 Å². The second kappa shape index (κ2) is 4.33. The topological polar surface area (TPSA) is 49.3 Å². The molecule has 1 aliphatic heterocycles. The molecule has 0 unspecified atom stereocenters. The third-order valence-corrected chi connectivity index (χ3v) is 3.87. The summed E-state index contributed by atoms with van der Waals surface area (Å²) in [6, 6.07) is 2.03. The minimum atomic E-state index is -0.643. The van der Waals surface area contributed by atoms with Gasteiger partial charge < -0.3 is 10.4 Å². The molecule has 4 heteroatoms. The Morgan fingerprint density at radius 2 is 2.27 bits per heavy atom. The minimum absolute atomic E-state index is 0.535. The van der Waals surface area contributed by atoms with Gasteiger partial charge in [0.1, 0.15) is 0 Å². The zero-order valence-electron chi connectivity index (χ0n) is 8.53. The number of piperidine rings is 1. The van der Waals surface area contributed by atoms with Crippen molar-refractivity contribution in [1.29, 1.82) is 0 Å². The fourth-order valence-corrected chi connectivity index (χ4v) is 2.82. The molecule has 0 radical (unpaired) electrons. The first-order valence-corrected chi connectivity index (χ1v) is 6.12. The summed E-state index contributed by atoms with van der Waals surface area (Å²) in [6.45, 7) is 1.63. The number of carboxylic acid groups (broad SMARTS) is 1. The Kier molecular flexibility index (Phi) is 3.07. The summed E-state index contributed by atoms with van der Waals surface area (Å²) in [4.78, 5) is 11.4. The van der Waals surface area contributed by atoms with Crippen LogP contribution in [0.2, 0.25) is 0 Å². The zero-order chi connectivity index (χ0) is 10.7. The van der Waals surface area contributed by atoms with Crippen molar-refractivity contribution in [3.8, 4) is 0 Å². The maximum Gasteiger partial charge on any atom is 0.310 e. The molecule has 0 bridgehead atoms. The summed E-state index contributed by atoms with van der Waals surface area (Å²) < 4.78 is 0. The molecule has 0 amide bonds. The average Bonchev–Trinajstić information content (AvgIpc) is 2.71. The third-order valence-electron chi connectivity index (χ3n) is 3.14. The smallest absolute Gasteiger partial charge is 0.310 e. The summed E-state index contributed by atoms with van der Waals surface area (Å²) >= 11 is 1.63. The molecule has 82 valence electrons. The van der Waals surface area contributed by atoms with Gasteiger partial charge in [-0.2, -0.15) is 11.3 Å². The molecule has 0 aromatic carbocycles. The summed E-state index contributed by atoms with van der Waals surface area (Å²) in [5.74, 6) is -0.643. The molecular weight excluding hydrogens is 210 g/mol. The van der Waals surface area contributed by atoms with Crippen molar-refractivity contribution in [3.63, 3.8) is 0 Å². The van der Waals surface area contributed by atoms with Crippen LogP contribution in [-0.2, 0) is 11.2 Å². The summed E-state index contributed by atoms with van der Waals surface area (Å²) in [7, 11) is 0. The predicted molar refractivity (Wildman–Crippen MR) is 60.2 cm³/mol. The van der Waals surface area contributed by atoms with Crippen LogP contribution in [-0.4, -0.2) is 24.2 Å². The number of aliphatic carboxylic acids is 1. The van der Waals surface area contributed by atoms with Gasteiger partial charge in [-0.15, -0.1) is 0 Å². The van der Waals surface area contributed by atoms with Gasteiger partial charge >= 0.3 is 5.97 Å². The fourth-order valence-electron chi connectivity index (χ4n) is 2.16. The second-order valence-electron chi connectivity index (χ2n) is 4.14. The van der Waals surface area contributed by atoms with Gasteiger partial charge in [-0.3, -0.25) is 4.79 Å². The molecule has 1 aromatic heterocycles. The van der Waals surface area contributed by atoms with E-state index in [1.807, 2.05) is 16.8 Å². The second-order valence-corrected chi connectivity index (χ2v) is 4.92.